The Kier molecular flexibility index (Phi) is 4.95. The molecule has 144 valence electrons. The maximum Gasteiger partial charge on any atom is 0.228 e. The lowest BCUT2D eigenvalue weighted by molar-refractivity contribution is 0.630. The van der Waals surface area contributed by atoms with Gasteiger partial charge in [0.2, 0.25) is 11.8 Å². The first-order valence-corrected chi connectivity index (χ1v) is 10.1. The van der Waals surface area contributed by atoms with E-state index < -0.39 is 0 Å². The fraction of sp³-hybridized carbons (Fsp3) is 0.333. The maximum absolute atomic E-state index is 4.64. The van der Waals surface area contributed by atoms with Crippen molar-refractivity contribution < 1.29 is 0 Å². The molecule has 0 fully saturated rings. The Morgan fingerprint density at radius 3 is 2.71 bits per heavy atom. The largest absolute Gasteiger partial charge is 0.350 e. The summed E-state index contributed by atoms with van der Waals surface area (Å²) >= 11 is 1.51. The number of fused-ring (bicyclic) bond motifs is 1. The van der Waals surface area contributed by atoms with E-state index in [2.05, 4.69) is 49.6 Å². The molecule has 0 saturated carbocycles. The molecule has 0 amide bonds. The van der Waals surface area contributed by atoms with Crippen LogP contribution in [0, 0.1) is 0 Å². The van der Waals surface area contributed by atoms with Crippen LogP contribution in [0.5, 0.6) is 0 Å². The van der Waals surface area contributed by atoms with Crippen molar-refractivity contribution in [2.45, 2.75) is 31.5 Å². The molecule has 0 saturated heterocycles. The molecule has 28 heavy (non-hydrogen) atoms. The van der Waals surface area contributed by atoms with Crippen LogP contribution in [0.4, 0.5) is 5.95 Å². The average Bonchev–Trinajstić information content (AvgIpc) is 3.32. The van der Waals surface area contributed by atoms with Crippen molar-refractivity contribution in [3.8, 4) is 11.4 Å². The highest BCUT2D eigenvalue weighted by molar-refractivity contribution is 7.98. The van der Waals surface area contributed by atoms with Crippen LogP contribution in [-0.2, 0) is 13.6 Å². The first-order chi connectivity index (χ1) is 13.6. The lowest BCUT2D eigenvalue weighted by Gasteiger charge is -2.11. The highest BCUT2D eigenvalue weighted by Gasteiger charge is 2.16. The van der Waals surface area contributed by atoms with Crippen LogP contribution in [0.2, 0.25) is 0 Å². The van der Waals surface area contributed by atoms with Crippen LogP contribution in [0.25, 0.3) is 17.0 Å². The molecule has 9 nitrogen and oxygen atoms in total. The van der Waals surface area contributed by atoms with Crippen molar-refractivity contribution in [2.75, 3.05) is 11.6 Å². The molecule has 0 bridgehead atoms. The second kappa shape index (κ2) is 7.55. The zero-order valence-electron chi connectivity index (χ0n) is 16.2. The first kappa shape index (κ1) is 18.4. The van der Waals surface area contributed by atoms with Gasteiger partial charge >= 0.3 is 0 Å². The molecule has 0 aliphatic carbocycles. The van der Waals surface area contributed by atoms with Crippen LogP contribution in [0.15, 0.2) is 35.6 Å². The lowest BCUT2D eigenvalue weighted by Crippen LogP contribution is -2.10. The maximum atomic E-state index is 4.64. The van der Waals surface area contributed by atoms with Gasteiger partial charge in [0.15, 0.2) is 10.8 Å². The van der Waals surface area contributed by atoms with Gasteiger partial charge < -0.3 is 5.32 Å². The van der Waals surface area contributed by atoms with Crippen molar-refractivity contribution in [3.63, 3.8) is 0 Å². The fourth-order valence-corrected chi connectivity index (χ4v) is 3.30. The quantitative estimate of drug-likeness (QED) is 0.498. The summed E-state index contributed by atoms with van der Waals surface area (Å²) in [6, 6.07) is 7.98. The van der Waals surface area contributed by atoms with E-state index in [4.69, 9.17) is 0 Å². The van der Waals surface area contributed by atoms with Crippen molar-refractivity contribution in [2.24, 2.45) is 7.05 Å². The number of aromatic nitrogens is 8. The number of rotatable bonds is 6. The molecule has 3 aromatic heterocycles. The van der Waals surface area contributed by atoms with E-state index in [9.17, 15) is 0 Å². The Morgan fingerprint density at radius 1 is 1.18 bits per heavy atom. The molecule has 4 rings (SSSR count). The Balaban J connectivity index is 1.69. The normalized spacial score (nSPS) is 11.5. The summed E-state index contributed by atoms with van der Waals surface area (Å²) in [6.45, 7) is 4.81. The number of tetrazole rings is 1. The summed E-state index contributed by atoms with van der Waals surface area (Å²) in [4.78, 5) is 10.7. The molecule has 0 radical (unpaired) electrons. The predicted molar refractivity (Wildman–Crippen MR) is 108 cm³/mol. The highest BCUT2D eigenvalue weighted by Crippen LogP contribution is 2.24. The molecular formula is C18H21N9S. The van der Waals surface area contributed by atoms with E-state index in [-0.39, 0.29) is 0 Å². The standard InChI is InChI=1S/C18H21N9S/c1-11(2)14-10-20-27-16(14)21-18(28-4)22-17(27)19-9-12-7-5-6-8-13(12)15-23-25-26(3)24-15/h5-8,10-11H,9H2,1-4H3,(H,19,21,22). The smallest absolute Gasteiger partial charge is 0.228 e. The summed E-state index contributed by atoms with van der Waals surface area (Å²) in [5, 5.41) is 21.0. The van der Waals surface area contributed by atoms with Crippen LogP contribution in [0.3, 0.4) is 0 Å². The van der Waals surface area contributed by atoms with Gasteiger partial charge in [0.1, 0.15) is 0 Å². The minimum atomic E-state index is 0.332. The molecule has 4 aromatic rings. The SMILES string of the molecule is CSc1nc(NCc2ccccc2-c2nnn(C)n2)n2ncc(C(C)C)c2n1. The molecule has 3 heterocycles. The molecule has 10 heteroatoms. The third-order valence-electron chi connectivity index (χ3n) is 4.38. The number of nitrogens with zero attached hydrogens (tertiary/aromatic N) is 8. The monoisotopic (exact) mass is 395 g/mol. The Hall–Kier alpha value is -3.01. The number of hydrogen-bond acceptors (Lipinski definition) is 8. The van der Waals surface area contributed by atoms with E-state index in [0.29, 0.717) is 29.4 Å². The Labute approximate surface area is 166 Å². The third-order valence-corrected chi connectivity index (χ3v) is 4.93. The predicted octanol–water partition coefficient (Wildman–Crippen LogP) is 2.77. The van der Waals surface area contributed by atoms with Gasteiger partial charge in [0.25, 0.3) is 0 Å². The molecule has 0 aliphatic rings. The Bertz CT molecular complexity index is 1120. The zero-order chi connectivity index (χ0) is 19.7. The molecular weight excluding hydrogens is 374 g/mol. The van der Waals surface area contributed by atoms with Gasteiger partial charge in [-0.3, -0.25) is 0 Å². The minimum absolute atomic E-state index is 0.332. The van der Waals surface area contributed by atoms with E-state index in [1.807, 2.05) is 36.7 Å². The van der Waals surface area contributed by atoms with E-state index in [0.717, 1.165) is 22.3 Å². The minimum Gasteiger partial charge on any atom is -0.350 e. The molecule has 1 aromatic carbocycles. The average molecular weight is 395 g/mol. The topological polar surface area (TPSA) is 98.7 Å². The zero-order valence-corrected chi connectivity index (χ0v) is 17.0. The molecule has 0 unspecified atom stereocenters. The van der Waals surface area contributed by atoms with Gasteiger partial charge in [0.05, 0.1) is 13.2 Å². The molecule has 1 N–H and O–H groups in total. The summed E-state index contributed by atoms with van der Waals surface area (Å²) in [6.07, 6.45) is 3.83. The van der Waals surface area contributed by atoms with Crippen molar-refractivity contribution in [3.05, 3.63) is 41.6 Å². The van der Waals surface area contributed by atoms with Gasteiger partial charge in [-0.15, -0.1) is 10.2 Å². The van der Waals surface area contributed by atoms with E-state index in [1.54, 1.807) is 11.6 Å². The van der Waals surface area contributed by atoms with Gasteiger partial charge in [-0.2, -0.15) is 19.4 Å². The third kappa shape index (κ3) is 3.42. The van der Waals surface area contributed by atoms with E-state index in [1.165, 1.54) is 16.6 Å². The number of anilines is 1. The number of hydrogen-bond donors (Lipinski definition) is 1. The molecule has 0 spiro atoms. The highest BCUT2D eigenvalue weighted by atomic mass is 32.2. The summed E-state index contributed by atoms with van der Waals surface area (Å²) in [7, 11) is 1.75. The molecule has 0 atom stereocenters. The second-order valence-corrected chi connectivity index (χ2v) is 7.41. The summed E-state index contributed by atoms with van der Waals surface area (Å²) in [5.41, 5.74) is 3.91. The van der Waals surface area contributed by atoms with Crippen LogP contribution in [-0.4, -0.2) is 46.0 Å². The lowest BCUT2D eigenvalue weighted by atomic mass is 10.1. The van der Waals surface area contributed by atoms with Crippen molar-refractivity contribution in [1.82, 2.24) is 39.8 Å². The van der Waals surface area contributed by atoms with Gasteiger partial charge in [-0.1, -0.05) is 49.9 Å². The van der Waals surface area contributed by atoms with Gasteiger partial charge in [-0.25, -0.2) is 4.98 Å². The number of thioether (sulfide) groups is 1. The molecule has 0 aliphatic heterocycles. The summed E-state index contributed by atoms with van der Waals surface area (Å²) < 4.78 is 1.76. The van der Waals surface area contributed by atoms with Crippen LogP contribution in [0.1, 0.15) is 30.9 Å². The second-order valence-electron chi connectivity index (χ2n) is 6.64. The summed E-state index contributed by atoms with van der Waals surface area (Å²) in [5.74, 6) is 1.58. The first-order valence-electron chi connectivity index (χ1n) is 8.92. The number of benzene rings is 1. The van der Waals surface area contributed by atoms with Crippen LogP contribution < -0.4 is 5.32 Å². The van der Waals surface area contributed by atoms with Crippen LogP contribution >= 0.6 is 11.8 Å². The number of nitrogens with one attached hydrogen (secondary N) is 1. The van der Waals surface area contributed by atoms with Crippen molar-refractivity contribution >= 4 is 23.4 Å². The Morgan fingerprint density at radius 2 is 2.00 bits per heavy atom. The fourth-order valence-electron chi connectivity index (χ4n) is 2.95. The van der Waals surface area contributed by atoms with Gasteiger partial charge in [0, 0.05) is 17.7 Å². The van der Waals surface area contributed by atoms with Crippen molar-refractivity contribution in [1.29, 1.82) is 0 Å². The van der Waals surface area contributed by atoms with E-state index >= 15 is 0 Å². The number of aryl methyl sites for hydroxylation is 1. The van der Waals surface area contributed by atoms with Gasteiger partial charge in [-0.05, 0) is 23.0 Å².